The quantitative estimate of drug-likeness (QED) is 0.789. The van der Waals surface area contributed by atoms with E-state index in [1.807, 2.05) is 6.07 Å². The van der Waals surface area contributed by atoms with Gasteiger partial charge < -0.3 is 15.7 Å². The zero-order valence-electron chi connectivity index (χ0n) is 11.5. The van der Waals surface area contributed by atoms with Gasteiger partial charge in [0.1, 0.15) is 0 Å². The molecule has 4 nitrogen and oxygen atoms in total. The topological polar surface area (TPSA) is 61.4 Å². The first-order valence-electron chi connectivity index (χ1n) is 7.24. The molecule has 1 aromatic rings. The zero-order chi connectivity index (χ0) is 13.9. The number of benzene rings is 1. The van der Waals surface area contributed by atoms with Crippen molar-refractivity contribution in [1.29, 1.82) is 0 Å². The highest BCUT2D eigenvalue weighted by molar-refractivity contribution is 5.89. The number of piperidine rings is 1. The molecule has 0 aromatic heterocycles. The maximum absolute atomic E-state index is 11.1. The van der Waals surface area contributed by atoms with Gasteiger partial charge in [-0.3, -0.25) is 0 Å². The molecule has 0 amide bonds. The van der Waals surface area contributed by atoms with E-state index in [0.29, 0.717) is 17.9 Å². The van der Waals surface area contributed by atoms with Crippen molar-refractivity contribution in [3.8, 4) is 0 Å². The van der Waals surface area contributed by atoms with Gasteiger partial charge in [-0.05, 0) is 55.5 Å². The third kappa shape index (κ3) is 2.70. The lowest BCUT2D eigenvalue weighted by atomic mass is 9.86. The Hall–Kier alpha value is -1.81. The molecule has 106 valence electrons. The van der Waals surface area contributed by atoms with Gasteiger partial charge in [0.05, 0.1) is 5.57 Å². The van der Waals surface area contributed by atoms with Crippen LogP contribution in [-0.2, 0) is 17.6 Å². The minimum absolute atomic E-state index is 0.440. The van der Waals surface area contributed by atoms with Crippen LogP contribution in [0.3, 0.4) is 0 Å². The Labute approximate surface area is 118 Å². The molecule has 0 aliphatic carbocycles. The van der Waals surface area contributed by atoms with Crippen molar-refractivity contribution < 1.29 is 9.90 Å². The molecule has 0 saturated carbocycles. The molecule has 0 spiro atoms. The highest BCUT2D eigenvalue weighted by Crippen LogP contribution is 2.30. The Morgan fingerprint density at radius 1 is 1.30 bits per heavy atom. The van der Waals surface area contributed by atoms with E-state index in [-0.39, 0.29) is 0 Å². The van der Waals surface area contributed by atoms with Gasteiger partial charge in [-0.25, -0.2) is 4.79 Å². The van der Waals surface area contributed by atoms with Crippen LogP contribution in [0.1, 0.15) is 24.0 Å². The van der Waals surface area contributed by atoms with E-state index in [1.165, 1.54) is 18.4 Å². The largest absolute Gasteiger partial charge is 0.478 e. The lowest BCUT2D eigenvalue weighted by molar-refractivity contribution is -0.132. The standard InChI is InChI=1S/C16H20N2O2/c19-16(20)13-9-14-12(2-1-3-15(14)18-10-13)8-11-4-6-17-7-5-11/h1-3,10-11,17-18H,4-9H2,(H,19,20). The third-order valence-electron chi connectivity index (χ3n) is 4.28. The van der Waals surface area contributed by atoms with E-state index in [1.54, 1.807) is 6.20 Å². The Bertz CT molecular complexity index is 545. The lowest BCUT2D eigenvalue weighted by Gasteiger charge is -2.25. The summed E-state index contributed by atoms with van der Waals surface area (Å²) in [7, 11) is 0. The molecule has 2 heterocycles. The number of hydrogen-bond donors (Lipinski definition) is 3. The second-order valence-electron chi connectivity index (χ2n) is 5.64. The lowest BCUT2D eigenvalue weighted by Crippen LogP contribution is -2.29. The summed E-state index contributed by atoms with van der Waals surface area (Å²) in [6.45, 7) is 2.19. The first kappa shape index (κ1) is 13.2. The van der Waals surface area contributed by atoms with Gasteiger partial charge >= 0.3 is 5.97 Å². The molecule has 4 heteroatoms. The van der Waals surface area contributed by atoms with Crippen LogP contribution >= 0.6 is 0 Å². The number of carboxylic acid groups (broad SMARTS) is 1. The van der Waals surface area contributed by atoms with Crippen LogP contribution in [0, 0.1) is 5.92 Å². The van der Waals surface area contributed by atoms with Gasteiger partial charge in [-0.1, -0.05) is 12.1 Å². The van der Waals surface area contributed by atoms with Crippen LogP contribution in [0.15, 0.2) is 30.0 Å². The van der Waals surface area contributed by atoms with Gasteiger partial charge in [-0.15, -0.1) is 0 Å². The predicted molar refractivity (Wildman–Crippen MR) is 78.8 cm³/mol. The van der Waals surface area contributed by atoms with Crippen LogP contribution in [0.5, 0.6) is 0 Å². The molecular formula is C16H20N2O2. The van der Waals surface area contributed by atoms with E-state index in [9.17, 15) is 4.79 Å². The summed E-state index contributed by atoms with van der Waals surface area (Å²) in [6, 6.07) is 6.23. The molecule has 0 unspecified atom stereocenters. The van der Waals surface area contributed by atoms with Crippen LogP contribution in [0.2, 0.25) is 0 Å². The number of nitrogens with one attached hydrogen (secondary N) is 2. The van der Waals surface area contributed by atoms with Crippen molar-refractivity contribution in [2.75, 3.05) is 18.4 Å². The van der Waals surface area contributed by atoms with Crippen molar-refractivity contribution in [2.45, 2.75) is 25.7 Å². The Balaban J connectivity index is 1.81. The second kappa shape index (κ2) is 5.67. The monoisotopic (exact) mass is 272 g/mol. The highest BCUT2D eigenvalue weighted by atomic mass is 16.4. The molecule has 0 radical (unpaired) electrons. The number of anilines is 1. The molecule has 2 aliphatic heterocycles. The Kier molecular flexibility index (Phi) is 3.74. The van der Waals surface area contributed by atoms with Crippen LogP contribution < -0.4 is 10.6 Å². The Morgan fingerprint density at radius 3 is 2.85 bits per heavy atom. The van der Waals surface area contributed by atoms with Crippen molar-refractivity contribution in [3.63, 3.8) is 0 Å². The van der Waals surface area contributed by atoms with Gasteiger partial charge in [-0.2, -0.15) is 0 Å². The number of rotatable bonds is 3. The average Bonchev–Trinajstić information content (AvgIpc) is 2.48. The normalized spacial score (nSPS) is 18.9. The predicted octanol–water partition coefficient (Wildman–Crippen LogP) is 2.17. The number of fused-ring (bicyclic) bond motifs is 1. The van der Waals surface area contributed by atoms with Gasteiger partial charge in [0.15, 0.2) is 0 Å². The summed E-state index contributed by atoms with van der Waals surface area (Å²) in [5.74, 6) is -0.123. The van der Waals surface area contributed by atoms with Crippen LogP contribution in [0.25, 0.3) is 0 Å². The SMILES string of the molecule is O=C(O)C1=CNc2cccc(CC3CCNCC3)c2C1. The van der Waals surface area contributed by atoms with E-state index in [2.05, 4.69) is 22.8 Å². The number of carbonyl (C=O) groups is 1. The van der Waals surface area contributed by atoms with Crippen molar-refractivity contribution in [1.82, 2.24) is 5.32 Å². The summed E-state index contributed by atoms with van der Waals surface area (Å²) in [4.78, 5) is 11.1. The van der Waals surface area contributed by atoms with E-state index < -0.39 is 5.97 Å². The molecule has 1 saturated heterocycles. The first-order chi connectivity index (χ1) is 9.74. The van der Waals surface area contributed by atoms with Gasteiger partial charge in [0, 0.05) is 18.3 Å². The van der Waals surface area contributed by atoms with E-state index in [0.717, 1.165) is 30.8 Å². The van der Waals surface area contributed by atoms with Gasteiger partial charge in [0.2, 0.25) is 0 Å². The maximum atomic E-state index is 11.1. The highest BCUT2D eigenvalue weighted by Gasteiger charge is 2.21. The first-order valence-corrected chi connectivity index (χ1v) is 7.24. The van der Waals surface area contributed by atoms with Crippen LogP contribution in [-0.4, -0.2) is 24.2 Å². The number of hydrogen-bond acceptors (Lipinski definition) is 3. The molecular weight excluding hydrogens is 252 g/mol. The third-order valence-corrected chi connectivity index (χ3v) is 4.28. The summed E-state index contributed by atoms with van der Waals surface area (Å²) >= 11 is 0. The molecule has 1 fully saturated rings. The molecule has 3 rings (SSSR count). The van der Waals surface area contributed by atoms with Crippen LogP contribution in [0.4, 0.5) is 5.69 Å². The number of carboxylic acids is 1. The zero-order valence-corrected chi connectivity index (χ0v) is 11.5. The molecule has 2 aliphatic rings. The van der Waals surface area contributed by atoms with Crippen molar-refractivity contribution in [2.24, 2.45) is 5.92 Å². The fourth-order valence-corrected chi connectivity index (χ4v) is 3.11. The second-order valence-corrected chi connectivity index (χ2v) is 5.64. The minimum Gasteiger partial charge on any atom is -0.478 e. The number of aliphatic carboxylic acids is 1. The minimum atomic E-state index is -0.834. The average molecular weight is 272 g/mol. The maximum Gasteiger partial charge on any atom is 0.333 e. The molecule has 0 atom stereocenters. The molecule has 3 N–H and O–H groups in total. The van der Waals surface area contributed by atoms with Crippen molar-refractivity contribution >= 4 is 11.7 Å². The fourth-order valence-electron chi connectivity index (χ4n) is 3.11. The summed E-state index contributed by atoms with van der Waals surface area (Å²) < 4.78 is 0. The van der Waals surface area contributed by atoms with Gasteiger partial charge in [0.25, 0.3) is 0 Å². The Morgan fingerprint density at radius 2 is 2.10 bits per heavy atom. The fraction of sp³-hybridized carbons (Fsp3) is 0.438. The van der Waals surface area contributed by atoms with E-state index >= 15 is 0 Å². The van der Waals surface area contributed by atoms with E-state index in [4.69, 9.17) is 5.11 Å². The molecule has 1 aromatic carbocycles. The summed E-state index contributed by atoms with van der Waals surface area (Å²) in [5.41, 5.74) is 3.95. The summed E-state index contributed by atoms with van der Waals surface area (Å²) in [5, 5.41) is 15.7. The van der Waals surface area contributed by atoms with Crippen molar-refractivity contribution in [3.05, 3.63) is 41.1 Å². The smallest absolute Gasteiger partial charge is 0.333 e. The molecule has 20 heavy (non-hydrogen) atoms. The summed E-state index contributed by atoms with van der Waals surface area (Å²) in [6.07, 6.45) is 5.61. The molecule has 0 bridgehead atoms.